The summed E-state index contributed by atoms with van der Waals surface area (Å²) >= 11 is 0. The number of nitrogens with one attached hydrogen (secondary N) is 2. The third-order valence-electron chi connectivity index (χ3n) is 6.47. The van der Waals surface area contributed by atoms with Crippen LogP contribution in [0.1, 0.15) is 34.1 Å². The molecule has 2 N–H and O–H groups in total. The van der Waals surface area contributed by atoms with Crippen molar-refractivity contribution in [3.63, 3.8) is 0 Å². The number of ether oxygens (including phenoxy) is 2. The van der Waals surface area contributed by atoms with Crippen LogP contribution in [0, 0.1) is 13.8 Å². The van der Waals surface area contributed by atoms with Crippen LogP contribution in [-0.4, -0.2) is 40.0 Å². The van der Waals surface area contributed by atoms with E-state index in [4.69, 9.17) is 9.47 Å². The van der Waals surface area contributed by atoms with Gasteiger partial charge in [0.1, 0.15) is 5.69 Å². The van der Waals surface area contributed by atoms with Gasteiger partial charge in [-0.15, -0.1) is 0 Å². The van der Waals surface area contributed by atoms with Crippen molar-refractivity contribution in [2.75, 3.05) is 12.4 Å². The van der Waals surface area contributed by atoms with Gasteiger partial charge in [0.05, 0.1) is 29.8 Å². The van der Waals surface area contributed by atoms with E-state index in [1.807, 2.05) is 25.1 Å². The second-order valence-corrected chi connectivity index (χ2v) is 9.10. The fourth-order valence-corrected chi connectivity index (χ4v) is 4.07. The molecule has 0 atom stereocenters. The van der Waals surface area contributed by atoms with Gasteiger partial charge in [0.25, 0.3) is 5.56 Å². The highest BCUT2D eigenvalue weighted by Gasteiger charge is 2.22. The molecule has 0 bridgehead atoms. The van der Waals surface area contributed by atoms with Crippen molar-refractivity contribution in [2.45, 2.75) is 20.8 Å². The minimum Gasteiger partial charge on any atom is -0.493 e. The first-order valence-electron chi connectivity index (χ1n) is 12.6. The summed E-state index contributed by atoms with van der Waals surface area (Å²) in [5.41, 5.74) is 4.89. The van der Waals surface area contributed by atoms with Crippen LogP contribution in [0.5, 0.6) is 11.5 Å². The summed E-state index contributed by atoms with van der Waals surface area (Å²) in [5.74, 6) is -2.16. The van der Waals surface area contributed by atoms with E-state index in [-0.39, 0.29) is 17.2 Å². The van der Waals surface area contributed by atoms with Gasteiger partial charge in [0, 0.05) is 12.6 Å². The number of nitrogens with zero attached hydrogens (tertiary/aromatic N) is 3. The highest BCUT2D eigenvalue weighted by Crippen LogP contribution is 2.29. The fourth-order valence-electron chi connectivity index (χ4n) is 4.07. The smallest absolute Gasteiger partial charge is 0.343 e. The predicted molar refractivity (Wildman–Crippen MR) is 154 cm³/mol. The fraction of sp³-hybridized carbons (Fsp3) is 0.167. The first-order valence-corrected chi connectivity index (χ1v) is 12.6. The lowest BCUT2D eigenvalue weighted by Gasteiger charge is -2.12. The van der Waals surface area contributed by atoms with Gasteiger partial charge in [0.15, 0.2) is 11.5 Å². The maximum absolute atomic E-state index is 13.0. The van der Waals surface area contributed by atoms with Gasteiger partial charge in [-0.1, -0.05) is 36.4 Å². The second-order valence-electron chi connectivity index (χ2n) is 9.10. The molecule has 210 valence electrons. The van der Waals surface area contributed by atoms with Gasteiger partial charge in [-0.25, -0.2) is 14.9 Å². The molecule has 1 heterocycles. The minimum absolute atomic E-state index is 0.0160. The number of para-hydroxylation sites is 1. The third kappa shape index (κ3) is 6.09. The molecule has 3 aromatic carbocycles. The summed E-state index contributed by atoms with van der Waals surface area (Å²) in [6, 6.07) is 20.8. The van der Waals surface area contributed by atoms with Gasteiger partial charge in [-0.3, -0.25) is 19.1 Å². The van der Waals surface area contributed by atoms with Gasteiger partial charge in [-0.2, -0.15) is 5.10 Å². The molecule has 4 aromatic rings. The number of aromatic nitrogens is 2. The SMILES string of the molecule is COc1cc(C(C)=NNC(=O)C(=O)Nc2c(C)n(C)n(-c3ccccc3)c2=O)ccc1OC(=O)c1ccccc1C. The quantitative estimate of drug-likeness (QED) is 0.118. The largest absolute Gasteiger partial charge is 0.493 e. The van der Waals surface area contributed by atoms with Crippen LogP contribution in [0.3, 0.4) is 0 Å². The molecule has 0 aliphatic rings. The molecule has 0 aliphatic heterocycles. The van der Waals surface area contributed by atoms with Gasteiger partial charge < -0.3 is 14.8 Å². The van der Waals surface area contributed by atoms with E-state index < -0.39 is 23.3 Å². The molecule has 1 aromatic heterocycles. The van der Waals surface area contributed by atoms with Crippen molar-refractivity contribution in [3.8, 4) is 17.2 Å². The molecule has 0 saturated carbocycles. The normalized spacial score (nSPS) is 11.1. The lowest BCUT2D eigenvalue weighted by atomic mass is 10.1. The average Bonchev–Trinajstić information content (AvgIpc) is 3.19. The molecular formula is C30H29N5O6. The number of benzene rings is 3. The van der Waals surface area contributed by atoms with E-state index in [9.17, 15) is 19.2 Å². The lowest BCUT2D eigenvalue weighted by molar-refractivity contribution is -0.136. The topological polar surface area (TPSA) is 133 Å². The lowest BCUT2D eigenvalue weighted by Crippen LogP contribution is -2.34. The molecule has 2 amide bonds. The zero-order valence-corrected chi connectivity index (χ0v) is 23.2. The molecule has 0 saturated heterocycles. The molecule has 0 spiro atoms. The number of amides is 2. The molecule has 0 unspecified atom stereocenters. The highest BCUT2D eigenvalue weighted by atomic mass is 16.6. The predicted octanol–water partition coefficient (Wildman–Crippen LogP) is 3.50. The number of carbonyl (C=O) groups is 3. The van der Waals surface area contributed by atoms with Crippen molar-refractivity contribution < 1.29 is 23.9 Å². The Morgan fingerprint density at radius 3 is 2.24 bits per heavy atom. The van der Waals surface area contributed by atoms with Crippen LogP contribution in [0.25, 0.3) is 5.69 Å². The molecule has 0 fully saturated rings. The molecule has 11 nitrogen and oxygen atoms in total. The summed E-state index contributed by atoms with van der Waals surface area (Å²) < 4.78 is 13.9. The Labute approximate surface area is 236 Å². The first kappa shape index (κ1) is 28.6. The number of esters is 1. The number of anilines is 1. The number of hydrogen-bond donors (Lipinski definition) is 2. The van der Waals surface area contributed by atoms with Crippen molar-refractivity contribution in [1.29, 1.82) is 0 Å². The van der Waals surface area contributed by atoms with E-state index in [1.165, 1.54) is 11.8 Å². The van der Waals surface area contributed by atoms with E-state index >= 15 is 0 Å². The zero-order chi connectivity index (χ0) is 29.7. The van der Waals surface area contributed by atoms with E-state index in [2.05, 4.69) is 15.8 Å². The summed E-state index contributed by atoms with van der Waals surface area (Å²) in [6.07, 6.45) is 0. The number of rotatable bonds is 7. The number of carbonyl (C=O) groups excluding carboxylic acids is 3. The van der Waals surface area contributed by atoms with E-state index in [0.717, 1.165) is 5.56 Å². The third-order valence-corrected chi connectivity index (χ3v) is 6.47. The van der Waals surface area contributed by atoms with Crippen molar-refractivity contribution in [2.24, 2.45) is 12.1 Å². The monoisotopic (exact) mass is 555 g/mol. The maximum Gasteiger partial charge on any atom is 0.343 e. The zero-order valence-electron chi connectivity index (χ0n) is 23.2. The molecular weight excluding hydrogens is 526 g/mol. The number of hydrazone groups is 1. The standard InChI is InChI=1S/C30H29N5O6/c1-18-11-9-10-14-23(18)30(39)41-24-16-15-21(17-25(24)40-5)19(2)32-33-28(37)27(36)31-26-20(3)34(4)35(29(26)38)22-12-7-6-8-13-22/h6-17H,1-5H3,(H,31,36)(H,33,37). The molecule has 4 rings (SSSR count). The Hall–Kier alpha value is -5.45. The van der Waals surface area contributed by atoms with Gasteiger partial charge in [-0.05, 0) is 62.7 Å². The highest BCUT2D eigenvalue weighted by molar-refractivity contribution is 6.39. The summed E-state index contributed by atoms with van der Waals surface area (Å²) in [6.45, 7) is 5.09. The number of hydrogen-bond acceptors (Lipinski definition) is 7. The van der Waals surface area contributed by atoms with Crippen LogP contribution in [0.15, 0.2) is 82.7 Å². The molecule has 11 heteroatoms. The summed E-state index contributed by atoms with van der Waals surface area (Å²) in [7, 11) is 3.11. The minimum atomic E-state index is -1.06. The number of aryl methyl sites for hydroxylation is 1. The van der Waals surface area contributed by atoms with Crippen LogP contribution in [-0.2, 0) is 16.6 Å². The first-order chi connectivity index (χ1) is 19.6. The Morgan fingerprint density at radius 2 is 1.56 bits per heavy atom. The van der Waals surface area contributed by atoms with E-state index in [0.29, 0.717) is 28.2 Å². The number of methoxy groups -OCH3 is 1. The summed E-state index contributed by atoms with van der Waals surface area (Å²) in [5, 5.41) is 6.39. The van der Waals surface area contributed by atoms with Gasteiger partial charge in [0.2, 0.25) is 0 Å². The van der Waals surface area contributed by atoms with Crippen molar-refractivity contribution in [3.05, 3.63) is 106 Å². The van der Waals surface area contributed by atoms with E-state index in [1.54, 1.807) is 80.2 Å². The van der Waals surface area contributed by atoms with Crippen LogP contribution in [0.2, 0.25) is 0 Å². The Morgan fingerprint density at radius 1 is 0.878 bits per heavy atom. The van der Waals surface area contributed by atoms with Gasteiger partial charge >= 0.3 is 17.8 Å². The average molecular weight is 556 g/mol. The molecule has 0 radical (unpaired) electrons. The Balaban J connectivity index is 1.45. The van der Waals surface area contributed by atoms with Crippen molar-refractivity contribution in [1.82, 2.24) is 14.8 Å². The molecule has 41 heavy (non-hydrogen) atoms. The van der Waals surface area contributed by atoms with Crippen LogP contribution < -0.4 is 25.8 Å². The van der Waals surface area contributed by atoms with Crippen molar-refractivity contribution >= 4 is 29.2 Å². The Kier molecular flexibility index (Phi) is 8.47. The maximum atomic E-state index is 13.0. The van der Waals surface area contributed by atoms with Crippen LogP contribution in [0.4, 0.5) is 5.69 Å². The second kappa shape index (κ2) is 12.2. The molecule has 0 aliphatic carbocycles. The van der Waals surface area contributed by atoms with Crippen LogP contribution >= 0.6 is 0 Å². The summed E-state index contributed by atoms with van der Waals surface area (Å²) in [4.78, 5) is 50.7. The Bertz CT molecular complexity index is 1720.